The van der Waals surface area contributed by atoms with Crippen molar-refractivity contribution in [1.82, 2.24) is 5.16 Å². The van der Waals surface area contributed by atoms with E-state index in [-0.39, 0.29) is 0 Å². The lowest BCUT2D eigenvalue weighted by atomic mass is 9.93. The smallest absolute Gasteiger partial charge is 0.233 e. The molecule has 1 aliphatic carbocycles. The highest BCUT2D eigenvalue weighted by molar-refractivity contribution is 6.50. The Morgan fingerprint density at radius 2 is 1.89 bits per heavy atom. The van der Waals surface area contributed by atoms with Crippen molar-refractivity contribution in [3.63, 3.8) is 0 Å². The zero-order valence-electron chi connectivity index (χ0n) is 10.1. The van der Waals surface area contributed by atoms with Crippen LogP contribution in [0.2, 0.25) is 0 Å². The van der Waals surface area contributed by atoms with Crippen molar-refractivity contribution >= 4 is 23.1 Å². The van der Waals surface area contributed by atoms with E-state index >= 15 is 0 Å². The van der Waals surface area contributed by atoms with Crippen molar-refractivity contribution in [3.05, 3.63) is 53.2 Å². The van der Waals surface area contributed by atoms with Gasteiger partial charge in [-0.2, -0.15) is 0 Å². The summed E-state index contributed by atoms with van der Waals surface area (Å²) >= 11 is 0. The first-order valence-corrected chi connectivity index (χ1v) is 5.75. The fourth-order valence-electron chi connectivity index (χ4n) is 1.96. The first-order valence-electron chi connectivity index (χ1n) is 5.75. The molecule has 0 atom stereocenters. The maximum atomic E-state index is 11.8. The minimum atomic E-state index is -0.543. The van der Waals surface area contributed by atoms with Crippen LogP contribution in [0.25, 0.3) is 5.70 Å². The monoisotopic (exact) mass is 254 g/mol. The summed E-state index contributed by atoms with van der Waals surface area (Å²) in [6, 6.07) is 6.96. The normalized spacial score (nSPS) is 14.1. The molecule has 0 saturated carbocycles. The second-order valence-electron chi connectivity index (χ2n) is 4.26. The van der Waals surface area contributed by atoms with Gasteiger partial charge >= 0.3 is 0 Å². The number of allylic oxidation sites excluding steroid dienone is 1. The molecule has 0 amide bonds. The van der Waals surface area contributed by atoms with Crippen LogP contribution in [0.3, 0.4) is 0 Å². The molecule has 0 aliphatic heterocycles. The van der Waals surface area contributed by atoms with E-state index in [9.17, 15) is 9.59 Å². The SMILES string of the molecule is Cc1cnoc1NC1=CC(=O)C(=O)c2ccccc21. The number of benzene rings is 1. The summed E-state index contributed by atoms with van der Waals surface area (Å²) in [7, 11) is 0. The van der Waals surface area contributed by atoms with Crippen LogP contribution in [-0.2, 0) is 4.79 Å². The highest BCUT2D eigenvalue weighted by Gasteiger charge is 2.25. The van der Waals surface area contributed by atoms with Crippen molar-refractivity contribution in [2.24, 2.45) is 0 Å². The summed E-state index contributed by atoms with van der Waals surface area (Å²) in [6.45, 7) is 1.83. The van der Waals surface area contributed by atoms with Gasteiger partial charge in [0.15, 0.2) is 0 Å². The Bertz CT molecular complexity index is 713. The Kier molecular flexibility index (Phi) is 2.52. The van der Waals surface area contributed by atoms with E-state index in [1.165, 1.54) is 6.08 Å². The number of rotatable bonds is 2. The molecule has 0 saturated heterocycles. The van der Waals surface area contributed by atoms with Crippen molar-refractivity contribution in [3.8, 4) is 0 Å². The van der Waals surface area contributed by atoms with Crippen molar-refractivity contribution in [1.29, 1.82) is 0 Å². The number of nitrogens with zero attached hydrogens (tertiary/aromatic N) is 1. The highest BCUT2D eigenvalue weighted by Crippen LogP contribution is 2.27. The van der Waals surface area contributed by atoms with E-state index in [2.05, 4.69) is 10.5 Å². The number of aromatic nitrogens is 1. The third-order valence-corrected chi connectivity index (χ3v) is 2.96. The summed E-state index contributed by atoms with van der Waals surface area (Å²) in [6.07, 6.45) is 2.86. The summed E-state index contributed by atoms with van der Waals surface area (Å²) < 4.78 is 5.05. The molecule has 1 aromatic heterocycles. The summed E-state index contributed by atoms with van der Waals surface area (Å²) in [5, 5.41) is 6.66. The third kappa shape index (κ3) is 1.85. The fraction of sp³-hybridized carbons (Fsp3) is 0.0714. The number of nitrogens with one attached hydrogen (secondary N) is 1. The van der Waals surface area contributed by atoms with Crippen LogP contribution < -0.4 is 5.32 Å². The van der Waals surface area contributed by atoms with Crippen LogP contribution in [0.4, 0.5) is 5.88 Å². The molecule has 0 unspecified atom stereocenters. The molecule has 0 fully saturated rings. The molecule has 5 heteroatoms. The van der Waals surface area contributed by atoms with Gasteiger partial charge in [0.2, 0.25) is 17.5 Å². The third-order valence-electron chi connectivity index (χ3n) is 2.96. The molecule has 1 aliphatic rings. The van der Waals surface area contributed by atoms with Gasteiger partial charge in [0.25, 0.3) is 0 Å². The predicted octanol–water partition coefficient (Wildman–Crippen LogP) is 2.20. The van der Waals surface area contributed by atoms with Gasteiger partial charge in [-0.25, -0.2) is 0 Å². The second kappa shape index (κ2) is 4.20. The van der Waals surface area contributed by atoms with E-state index in [0.29, 0.717) is 22.7 Å². The average molecular weight is 254 g/mol. The minimum absolute atomic E-state index is 0.398. The molecule has 1 heterocycles. The van der Waals surface area contributed by atoms with Crippen LogP contribution in [0.1, 0.15) is 21.5 Å². The lowest BCUT2D eigenvalue weighted by molar-refractivity contribution is -0.111. The molecule has 19 heavy (non-hydrogen) atoms. The molecule has 94 valence electrons. The van der Waals surface area contributed by atoms with Crippen LogP contribution in [0.5, 0.6) is 0 Å². The van der Waals surface area contributed by atoms with Crippen LogP contribution in [0.15, 0.2) is 41.1 Å². The van der Waals surface area contributed by atoms with Crippen molar-refractivity contribution in [2.45, 2.75) is 6.92 Å². The quantitative estimate of drug-likeness (QED) is 0.832. The lowest BCUT2D eigenvalue weighted by Gasteiger charge is -2.16. The van der Waals surface area contributed by atoms with Crippen molar-refractivity contribution < 1.29 is 14.1 Å². The van der Waals surface area contributed by atoms with Gasteiger partial charge in [0.1, 0.15) is 0 Å². The molecule has 3 rings (SSSR count). The number of hydrogen-bond acceptors (Lipinski definition) is 5. The molecule has 2 aromatic rings. The van der Waals surface area contributed by atoms with Gasteiger partial charge in [0.05, 0.1) is 11.9 Å². The highest BCUT2D eigenvalue weighted by atomic mass is 16.5. The lowest BCUT2D eigenvalue weighted by Crippen LogP contribution is -2.20. The van der Waals surface area contributed by atoms with Gasteiger partial charge in [-0.1, -0.05) is 29.4 Å². The maximum absolute atomic E-state index is 11.8. The minimum Gasteiger partial charge on any atom is -0.338 e. The predicted molar refractivity (Wildman–Crippen MR) is 68.6 cm³/mol. The maximum Gasteiger partial charge on any atom is 0.233 e. The molecule has 1 N–H and O–H groups in total. The Hall–Kier alpha value is -2.69. The summed E-state index contributed by atoms with van der Waals surface area (Å²) in [5.74, 6) is -0.572. The molecule has 0 spiro atoms. The topological polar surface area (TPSA) is 72.2 Å². The van der Waals surface area contributed by atoms with Gasteiger partial charge in [-0.3, -0.25) is 9.59 Å². The van der Waals surface area contributed by atoms with Gasteiger partial charge in [0, 0.05) is 22.8 Å². The molecule has 0 bridgehead atoms. The standard InChI is InChI=1S/C14H10N2O3/c1-8-7-15-19-14(8)16-11-6-12(17)13(18)10-5-3-2-4-9(10)11/h2-7,16H,1H3. The first-order chi connectivity index (χ1) is 9.16. The Morgan fingerprint density at radius 3 is 2.58 bits per heavy atom. The average Bonchev–Trinajstić information content (AvgIpc) is 2.81. The van der Waals surface area contributed by atoms with Gasteiger partial charge < -0.3 is 9.84 Å². The number of aryl methyl sites for hydroxylation is 1. The van der Waals surface area contributed by atoms with Crippen LogP contribution >= 0.6 is 0 Å². The molecule has 5 nitrogen and oxygen atoms in total. The first kappa shape index (κ1) is 11.4. The zero-order chi connectivity index (χ0) is 13.4. The van der Waals surface area contributed by atoms with E-state index in [0.717, 1.165) is 5.56 Å². The molecular formula is C14H10N2O3. The number of Topliss-reactive ketones (excluding diaryl/α,β-unsaturated/α-hetero) is 1. The van der Waals surface area contributed by atoms with Gasteiger partial charge in [-0.15, -0.1) is 0 Å². The molecule has 1 aromatic carbocycles. The van der Waals surface area contributed by atoms with E-state index in [1.54, 1.807) is 24.4 Å². The van der Waals surface area contributed by atoms with Crippen molar-refractivity contribution in [2.75, 3.05) is 5.32 Å². The Morgan fingerprint density at radius 1 is 1.16 bits per heavy atom. The number of anilines is 1. The fourth-order valence-corrected chi connectivity index (χ4v) is 1.96. The number of carbonyl (C=O) groups excluding carboxylic acids is 2. The Labute approximate surface area is 108 Å². The van der Waals surface area contributed by atoms with Gasteiger partial charge in [-0.05, 0) is 6.92 Å². The van der Waals surface area contributed by atoms with Crippen LogP contribution in [0, 0.1) is 6.92 Å². The largest absolute Gasteiger partial charge is 0.338 e. The number of carbonyl (C=O) groups is 2. The number of ketones is 2. The number of hydrogen-bond donors (Lipinski definition) is 1. The number of fused-ring (bicyclic) bond motifs is 1. The van der Waals surface area contributed by atoms with Crippen LogP contribution in [-0.4, -0.2) is 16.7 Å². The summed E-state index contributed by atoms with van der Waals surface area (Å²) in [4.78, 5) is 23.4. The Balaban J connectivity index is 2.06. The van der Waals surface area contributed by atoms with E-state index in [4.69, 9.17) is 4.52 Å². The molecular weight excluding hydrogens is 244 g/mol. The van der Waals surface area contributed by atoms with E-state index in [1.807, 2.05) is 13.0 Å². The zero-order valence-corrected chi connectivity index (χ0v) is 10.1. The molecule has 0 radical (unpaired) electrons. The summed E-state index contributed by atoms with van der Waals surface area (Å²) in [5.41, 5.74) is 2.44. The second-order valence-corrected chi connectivity index (χ2v) is 4.26. The van der Waals surface area contributed by atoms with E-state index < -0.39 is 11.6 Å².